The average Bonchev–Trinajstić information content (AvgIpc) is 3.06. The van der Waals surface area contributed by atoms with Crippen molar-refractivity contribution >= 4 is 27.5 Å². The van der Waals surface area contributed by atoms with E-state index in [0.717, 1.165) is 4.47 Å². The molecule has 2 aromatic carbocycles. The van der Waals surface area contributed by atoms with Gasteiger partial charge in [0, 0.05) is 4.47 Å². The van der Waals surface area contributed by atoms with Gasteiger partial charge in [0.2, 0.25) is 0 Å². The predicted molar refractivity (Wildman–Crippen MR) is 102 cm³/mol. The second kappa shape index (κ2) is 8.03. The van der Waals surface area contributed by atoms with E-state index in [-0.39, 0.29) is 16.5 Å². The van der Waals surface area contributed by atoms with Crippen LogP contribution in [0.5, 0.6) is 11.5 Å². The Labute approximate surface area is 172 Å². The molecule has 0 aliphatic carbocycles. The Kier molecular flexibility index (Phi) is 5.85. The number of alkyl halides is 3. The molecule has 29 heavy (non-hydrogen) atoms. The third-order valence-electron chi connectivity index (χ3n) is 4.27. The van der Waals surface area contributed by atoms with Gasteiger partial charge < -0.3 is 14.6 Å². The van der Waals surface area contributed by atoms with Gasteiger partial charge in [-0.25, -0.2) is 0 Å². The summed E-state index contributed by atoms with van der Waals surface area (Å²) < 4.78 is 51.9. The Morgan fingerprint density at radius 1 is 1.21 bits per heavy atom. The first kappa shape index (κ1) is 21.1. The zero-order chi connectivity index (χ0) is 21.2. The quantitative estimate of drug-likeness (QED) is 0.719. The van der Waals surface area contributed by atoms with Crippen LogP contribution in [0.25, 0.3) is 0 Å². The molecule has 6 nitrogen and oxygen atoms in total. The van der Waals surface area contributed by atoms with Crippen molar-refractivity contribution in [3.63, 3.8) is 0 Å². The Morgan fingerprint density at radius 2 is 1.83 bits per heavy atom. The molecule has 3 rings (SSSR count). The van der Waals surface area contributed by atoms with Crippen LogP contribution in [0.4, 0.5) is 13.2 Å². The Bertz CT molecular complexity index is 934. The van der Waals surface area contributed by atoms with E-state index < -0.39 is 30.8 Å². The lowest BCUT2D eigenvalue weighted by Crippen LogP contribution is -2.57. The zero-order valence-corrected chi connectivity index (χ0v) is 16.7. The van der Waals surface area contributed by atoms with Gasteiger partial charge >= 0.3 is 6.18 Å². The van der Waals surface area contributed by atoms with E-state index in [0.29, 0.717) is 11.3 Å². The standard InChI is InChI=1S/C19H16BrF3N2O4/c1-28-15-4-2-3-5-16(15)29-11-17(26)25-18(27,19(21,22)23)10-14(24-25)12-6-8-13(20)9-7-12/h2-9,27H,10-11H2,1H3/t18-/m0/s1. The van der Waals surface area contributed by atoms with Crippen LogP contribution >= 0.6 is 15.9 Å². The number of ether oxygens (including phenoxy) is 2. The Balaban J connectivity index is 1.86. The van der Waals surface area contributed by atoms with Crippen LogP contribution in [0, 0.1) is 0 Å². The number of amides is 1. The minimum Gasteiger partial charge on any atom is -0.493 e. The highest BCUT2D eigenvalue weighted by Crippen LogP contribution is 2.41. The molecule has 1 aliphatic rings. The van der Waals surface area contributed by atoms with E-state index in [1.165, 1.54) is 13.2 Å². The highest BCUT2D eigenvalue weighted by atomic mass is 79.9. The molecule has 1 amide bonds. The molecule has 1 N–H and O–H groups in total. The third-order valence-corrected chi connectivity index (χ3v) is 4.80. The molecule has 0 saturated heterocycles. The molecule has 154 valence electrons. The van der Waals surface area contributed by atoms with Crippen molar-refractivity contribution in [2.24, 2.45) is 5.10 Å². The van der Waals surface area contributed by atoms with Gasteiger partial charge in [0.05, 0.1) is 19.2 Å². The number of nitrogens with zero attached hydrogens (tertiary/aromatic N) is 2. The number of halogens is 4. The summed E-state index contributed by atoms with van der Waals surface area (Å²) in [7, 11) is 1.39. The van der Waals surface area contributed by atoms with Gasteiger partial charge in [-0.15, -0.1) is 0 Å². The third kappa shape index (κ3) is 4.23. The van der Waals surface area contributed by atoms with E-state index >= 15 is 0 Å². The van der Waals surface area contributed by atoms with Gasteiger partial charge in [-0.1, -0.05) is 40.2 Å². The van der Waals surface area contributed by atoms with Crippen LogP contribution in [-0.2, 0) is 4.79 Å². The van der Waals surface area contributed by atoms with Crippen molar-refractivity contribution in [1.82, 2.24) is 5.01 Å². The molecule has 2 aromatic rings. The normalized spacial score (nSPS) is 19.1. The highest BCUT2D eigenvalue weighted by molar-refractivity contribution is 9.10. The number of aliphatic hydroxyl groups is 1. The predicted octanol–water partition coefficient (Wildman–Crippen LogP) is 3.72. The lowest BCUT2D eigenvalue weighted by molar-refractivity contribution is -0.302. The number of carbonyl (C=O) groups excluding carboxylic acids is 1. The van der Waals surface area contributed by atoms with Crippen molar-refractivity contribution in [3.8, 4) is 11.5 Å². The maximum absolute atomic E-state index is 13.6. The number of rotatable bonds is 5. The first-order chi connectivity index (χ1) is 13.7. The fourth-order valence-electron chi connectivity index (χ4n) is 2.77. The molecule has 10 heteroatoms. The summed E-state index contributed by atoms with van der Waals surface area (Å²) in [6, 6.07) is 12.7. The molecule has 0 saturated carbocycles. The van der Waals surface area contributed by atoms with E-state index in [4.69, 9.17) is 9.47 Å². The van der Waals surface area contributed by atoms with E-state index in [2.05, 4.69) is 21.0 Å². The van der Waals surface area contributed by atoms with Gasteiger partial charge in [-0.2, -0.15) is 23.3 Å². The second-order valence-corrected chi connectivity index (χ2v) is 7.11. The lowest BCUT2D eigenvalue weighted by atomic mass is 10.0. The van der Waals surface area contributed by atoms with E-state index in [9.17, 15) is 23.1 Å². The molecule has 0 spiro atoms. The largest absolute Gasteiger partial charge is 0.493 e. The molecule has 0 aromatic heterocycles. The monoisotopic (exact) mass is 472 g/mol. The van der Waals surface area contributed by atoms with Crippen molar-refractivity contribution < 1.29 is 32.5 Å². The summed E-state index contributed by atoms with van der Waals surface area (Å²) in [5.74, 6) is -0.662. The van der Waals surface area contributed by atoms with Crippen LogP contribution in [0.2, 0.25) is 0 Å². The molecule has 0 unspecified atom stereocenters. The highest BCUT2D eigenvalue weighted by Gasteiger charge is 2.63. The summed E-state index contributed by atoms with van der Waals surface area (Å²) >= 11 is 3.24. The topological polar surface area (TPSA) is 71.4 Å². The van der Waals surface area contributed by atoms with Gasteiger partial charge in [-0.3, -0.25) is 4.79 Å². The molecule has 1 heterocycles. The number of hydrazone groups is 1. The first-order valence-electron chi connectivity index (χ1n) is 8.37. The summed E-state index contributed by atoms with van der Waals surface area (Å²) in [6.45, 7) is -0.768. The summed E-state index contributed by atoms with van der Waals surface area (Å²) in [4.78, 5) is 12.5. The van der Waals surface area contributed by atoms with Crippen molar-refractivity contribution in [1.29, 1.82) is 0 Å². The summed E-state index contributed by atoms with van der Waals surface area (Å²) in [5.41, 5.74) is -3.17. The summed E-state index contributed by atoms with van der Waals surface area (Å²) in [5, 5.41) is 14.1. The Morgan fingerprint density at radius 3 is 2.41 bits per heavy atom. The van der Waals surface area contributed by atoms with Crippen molar-refractivity contribution in [3.05, 3.63) is 58.6 Å². The summed E-state index contributed by atoms with van der Waals surface area (Å²) in [6.07, 6.45) is -6.01. The van der Waals surface area contributed by atoms with Crippen LogP contribution in [0.3, 0.4) is 0 Å². The molecule has 0 fully saturated rings. The average molecular weight is 473 g/mol. The molecule has 1 aliphatic heterocycles. The molecular formula is C19H16BrF3N2O4. The minimum atomic E-state index is -5.12. The van der Waals surface area contributed by atoms with Crippen LogP contribution in [0.15, 0.2) is 58.1 Å². The van der Waals surface area contributed by atoms with Crippen LogP contribution in [-0.4, -0.2) is 47.4 Å². The molecule has 0 bridgehead atoms. The van der Waals surface area contributed by atoms with Gasteiger partial charge in [0.15, 0.2) is 18.1 Å². The minimum absolute atomic E-state index is 0.0415. The smallest absolute Gasteiger partial charge is 0.438 e. The molecular weight excluding hydrogens is 457 g/mol. The SMILES string of the molecule is COc1ccccc1OCC(=O)N1N=C(c2ccc(Br)cc2)C[C@]1(O)C(F)(F)F. The van der Waals surface area contributed by atoms with Gasteiger partial charge in [-0.05, 0) is 29.8 Å². The number of carbonyl (C=O) groups is 1. The number of para-hydroxylation sites is 2. The van der Waals surface area contributed by atoms with E-state index in [1.54, 1.807) is 42.5 Å². The number of benzene rings is 2. The van der Waals surface area contributed by atoms with E-state index in [1.807, 2.05) is 0 Å². The first-order valence-corrected chi connectivity index (χ1v) is 9.16. The van der Waals surface area contributed by atoms with Gasteiger partial charge in [0.25, 0.3) is 11.6 Å². The fourth-order valence-corrected chi connectivity index (χ4v) is 3.03. The Hall–Kier alpha value is -2.59. The van der Waals surface area contributed by atoms with Crippen LogP contribution in [0.1, 0.15) is 12.0 Å². The number of hydrogen-bond donors (Lipinski definition) is 1. The molecule has 0 radical (unpaired) electrons. The zero-order valence-electron chi connectivity index (χ0n) is 15.1. The maximum Gasteiger partial charge on any atom is 0.438 e. The lowest BCUT2D eigenvalue weighted by Gasteiger charge is -2.32. The number of hydrogen-bond acceptors (Lipinski definition) is 5. The van der Waals surface area contributed by atoms with Crippen molar-refractivity contribution in [2.75, 3.05) is 13.7 Å². The van der Waals surface area contributed by atoms with Gasteiger partial charge in [0.1, 0.15) is 0 Å². The second-order valence-electron chi connectivity index (χ2n) is 6.19. The van der Waals surface area contributed by atoms with Crippen molar-refractivity contribution in [2.45, 2.75) is 18.3 Å². The fraction of sp³-hybridized carbons (Fsp3) is 0.263. The van der Waals surface area contributed by atoms with Crippen LogP contribution < -0.4 is 9.47 Å². The molecule has 1 atom stereocenters. The number of methoxy groups -OCH3 is 1. The maximum atomic E-state index is 13.6.